The SMILES string of the molecule is CC(=O)[Si](C)(C1CC1)C1CC1. The Bertz CT molecular complexity index is 180. The second kappa shape index (κ2) is 2.19. The van der Waals surface area contributed by atoms with Crippen LogP contribution in [0.2, 0.25) is 17.6 Å². The molecular formula is C9H16OSi. The Morgan fingerprint density at radius 1 is 1.18 bits per heavy atom. The number of carbonyl (C=O) groups is 1. The van der Waals surface area contributed by atoms with Crippen molar-refractivity contribution in [3.05, 3.63) is 0 Å². The van der Waals surface area contributed by atoms with Gasteiger partial charge in [-0.1, -0.05) is 32.2 Å². The molecule has 0 aromatic heterocycles. The molecule has 2 heteroatoms. The lowest BCUT2D eigenvalue weighted by atomic mass is 10.9. The van der Waals surface area contributed by atoms with E-state index in [0.29, 0.717) is 5.41 Å². The molecule has 0 N–H and O–H groups in total. The molecule has 2 rings (SSSR count). The smallest absolute Gasteiger partial charge is 0.135 e. The average molecular weight is 168 g/mol. The molecule has 0 unspecified atom stereocenters. The van der Waals surface area contributed by atoms with Crippen LogP contribution in [0.15, 0.2) is 0 Å². The van der Waals surface area contributed by atoms with Crippen LogP contribution in [0.4, 0.5) is 0 Å². The van der Waals surface area contributed by atoms with Crippen LogP contribution in [-0.4, -0.2) is 13.5 Å². The van der Waals surface area contributed by atoms with Crippen molar-refractivity contribution >= 4 is 13.5 Å². The van der Waals surface area contributed by atoms with Crippen molar-refractivity contribution in [2.24, 2.45) is 0 Å². The second-order valence-corrected chi connectivity index (χ2v) is 9.29. The molecule has 2 aliphatic carbocycles. The minimum absolute atomic E-state index is 0.572. The standard InChI is InChI=1S/C9H16OSi/c1-7(10)11(2,8-3-4-8)9-5-6-9/h8-9H,3-6H2,1-2H3. The summed E-state index contributed by atoms with van der Waals surface area (Å²) in [5.74, 6) is 0. The van der Waals surface area contributed by atoms with Gasteiger partial charge in [0.25, 0.3) is 0 Å². The predicted molar refractivity (Wildman–Crippen MR) is 48.3 cm³/mol. The zero-order valence-corrected chi connectivity index (χ0v) is 8.39. The topological polar surface area (TPSA) is 17.1 Å². The van der Waals surface area contributed by atoms with E-state index in [1.807, 2.05) is 6.92 Å². The van der Waals surface area contributed by atoms with E-state index in [9.17, 15) is 4.79 Å². The molecule has 0 bridgehead atoms. The summed E-state index contributed by atoms with van der Waals surface area (Å²) < 4.78 is 0. The first-order valence-corrected chi connectivity index (χ1v) is 7.32. The number of rotatable bonds is 3. The first kappa shape index (κ1) is 7.53. The van der Waals surface area contributed by atoms with E-state index < -0.39 is 8.07 Å². The average Bonchev–Trinajstić information content (AvgIpc) is 2.79. The Kier molecular flexibility index (Phi) is 1.50. The first-order chi connectivity index (χ1) is 5.15. The molecule has 0 spiro atoms. The lowest BCUT2D eigenvalue weighted by Gasteiger charge is -2.23. The van der Waals surface area contributed by atoms with E-state index in [1.165, 1.54) is 25.7 Å². The maximum Gasteiger partial charge on any atom is 0.135 e. The third-order valence-corrected chi connectivity index (χ3v) is 9.67. The minimum atomic E-state index is -1.40. The molecule has 2 fully saturated rings. The van der Waals surface area contributed by atoms with Crippen molar-refractivity contribution in [2.75, 3.05) is 0 Å². The summed E-state index contributed by atoms with van der Waals surface area (Å²) in [5.41, 5.74) is 1.76. The molecule has 2 aliphatic rings. The largest absolute Gasteiger partial charge is 0.306 e. The van der Waals surface area contributed by atoms with Gasteiger partial charge in [-0.2, -0.15) is 0 Å². The van der Waals surface area contributed by atoms with Gasteiger partial charge in [-0.3, -0.25) is 0 Å². The Hall–Kier alpha value is -0.113. The Morgan fingerprint density at radius 2 is 1.55 bits per heavy atom. The lowest BCUT2D eigenvalue weighted by molar-refractivity contribution is -0.111. The van der Waals surface area contributed by atoms with E-state index in [-0.39, 0.29) is 0 Å². The van der Waals surface area contributed by atoms with Crippen molar-refractivity contribution in [1.29, 1.82) is 0 Å². The van der Waals surface area contributed by atoms with E-state index >= 15 is 0 Å². The van der Waals surface area contributed by atoms with Crippen molar-refractivity contribution in [2.45, 2.75) is 50.2 Å². The number of hydrogen-bond acceptors (Lipinski definition) is 1. The summed E-state index contributed by atoms with van der Waals surface area (Å²) in [6.45, 7) is 4.16. The summed E-state index contributed by atoms with van der Waals surface area (Å²) in [5, 5.41) is 0.572. The summed E-state index contributed by atoms with van der Waals surface area (Å²) in [6, 6.07) is 0. The van der Waals surface area contributed by atoms with Crippen LogP contribution in [0.25, 0.3) is 0 Å². The summed E-state index contributed by atoms with van der Waals surface area (Å²) in [6.07, 6.45) is 5.44. The fourth-order valence-electron chi connectivity index (χ4n) is 2.27. The van der Waals surface area contributed by atoms with Crippen LogP contribution in [-0.2, 0) is 4.79 Å². The van der Waals surface area contributed by atoms with Gasteiger partial charge in [0, 0.05) is 0 Å². The maximum atomic E-state index is 11.5. The molecule has 11 heavy (non-hydrogen) atoms. The summed E-state index contributed by atoms with van der Waals surface area (Å²) >= 11 is 0. The predicted octanol–water partition coefficient (Wildman–Crippen LogP) is 2.52. The van der Waals surface area contributed by atoms with Crippen molar-refractivity contribution in [1.82, 2.24) is 0 Å². The molecule has 0 saturated heterocycles. The lowest BCUT2D eigenvalue weighted by Crippen LogP contribution is -2.40. The second-order valence-electron chi connectivity index (χ2n) is 4.39. The number of hydrogen-bond donors (Lipinski definition) is 0. The van der Waals surface area contributed by atoms with Gasteiger partial charge in [0.2, 0.25) is 0 Å². The van der Waals surface area contributed by atoms with Gasteiger partial charge >= 0.3 is 0 Å². The quantitative estimate of drug-likeness (QED) is 0.592. The fourth-order valence-corrected chi connectivity index (χ4v) is 6.82. The molecule has 0 amide bonds. The van der Waals surface area contributed by atoms with E-state index in [4.69, 9.17) is 0 Å². The van der Waals surface area contributed by atoms with Gasteiger partial charge in [-0.25, -0.2) is 0 Å². The Labute approximate surface area is 69.2 Å². The maximum absolute atomic E-state index is 11.5. The van der Waals surface area contributed by atoms with Crippen molar-refractivity contribution < 1.29 is 4.79 Å². The molecule has 0 aromatic carbocycles. The highest BCUT2D eigenvalue weighted by atomic mass is 28.3. The van der Waals surface area contributed by atoms with Crippen LogP contribution in [0.5, 0.6) is 0 Å². The first-order valence-electron chi connectivity index (χ1n) is 4.66. The molecule has 1 nitrogen and oxygen atoms in total. The molecular weight excluding hydrogens is 152 g/mol. The normalized spacial score (nSPS) is 25.3. The molecule has 0 aliphatic heterocycles. The van der Waals surface area contributed by atoms with Gasteiger partial charge in [-0.15, -0.1) is 0 Å². The van der Waals surface area contributed by atoms with E-state index in [2.05, 4.69) is 6.55 Å². The van der Waals surface area contributed by atoms with Gasteiger partial charge in [0.15, 0.2) is 0 Å². The molecule has 0 aromatic rings. The fraction of sp³-hybridized carbons (Fsp3) is 0.889. The number of carbonyl (C=O) groups excluding carboxylic acids is 1. The zero-order valence-electron chi connectivity index (χ0n) is 7.39. The highest BCUT2D eigenvalue weighted by Crippen LogP contribution is 2.58. The Morgan fingerprint density at radius 3 is 1.73 bits per heavy atom. The monoisotopic (exact) mass is 168 g/mol. The van der Waals surface area contributed by atoms with Gasteiger partial charge in [-0.05, 0) is 18.0 Å². The van der Waals surface area contributed by atoms with E-state index in [0.717, 1.165) is 11.1 Å². The van der Waals surface area contributed by atoms with Gasteiger partial charge < -0.3 is 4.79 Å². The molecule has 62 valence electrons. The summed E-state index contributed by atoms with van der Waals surface area (Å²) in [4.78, 5) is 11.5. The third-order valence-electron chi connectivity index (χ3n) is 3.61. The van der Waals surface area contributed by atoms with Crippen molar-refractivity contribution in [3.63, 3.8) is 0 Å². The van der Waals surface area contributed by atoms with Crippen LogP contribution >= 0.6 is 0 Å². The zero-order chi connectivity index (χ0) is 8.06. The molecule has 0 atom stereocenters. The van der Waals surface area contributed by atoms with Gasteiger partial charge in [0.05, 0.1) is 0 Å². The molecule has 0 heterocycles. The van der Waals surface area contributed by atoms with Crippen LogP contribution in [0.1, 0.15) is 32.6 Å². The minimum Gasteiger partial charge on any atom is -0.306 e. The summed E-state index contributed by atoms with van der Waals surface area (Å²) in [7, 11) is -1.40. The molecule has 2 saturated carbocycles. The van der Waals surface area contributed by atoms with Crippen LogP contribution in [0, 0.1) is 0 Å². The highest BCUT2D eigenvalue weighted by molar-refractivity contribution is 7.07. The van der Waals surface area contributed by atoms with Gasteiger partial charge in [0.1, 0.15) is 13.5 Å². The van der Waals surface area contributed by atoms with Crippen molar-refractivity contribution in [3.8, 4) is 0 Å². The van der Waals surface area contributed by atoms with Crippen LogP contribution in [0.3, 0.4) is 0 Å². The highest BCUT2D eigenvalue weighted by Gasteiger charge is 2.55. The third kappa shape index (κ3) is 1.08. The Balaban J connectivity index is 2.16. The van der Waals surface area contributed by atoms with E-state index in [1.54, 1.807) is 0 Å². The molecule has 0 radical (unpaired) electrons. The van der Waals surface area contributed by atoms with Crippen LogP contribution < -0.4 is 0 Å².